The molecule has 18 heavy (non-hydrogen) atoms. The van der Waals surface area contributed by atoms with Gasteiger partial charge in [0.15, 0.2) is 9.84 Å². The number of nitrogen functional groups attached to an aromatic ring is 1. The Morgan fingerprint density at radius 2 is 2.11 bits per heavy atom. The van der Waals surface area contributed by atoms with Gasteiger partial charge in [0.25, 0.3) is 0 Å². The first kappa shape index (κ1) is 12.9. The molecule has 0 spiro atoms. The molecule has 0 unspecified atom stereocenters. The molecule has 5 nitrogen and oxygen atoms in total. The molecule has 0 bridgehead atoms. The van der Waals surface area contributed by atoms with Crippen molar-refractivity contribution in [2.45, 2.75) is 10.6 Å². The Kier molecular flexibility index (Phi) is 3.32. The Morgan fingerprint density at radius 1 is 1.39 bits per heavy atom. The molecule has 0 radical (unpaired) electrons. The summed E-state index contributed by atoms with van der Waals surface area (Å²) in [6, 6.07) is 6.00. The van der Waals surface area contributed by atoms with Crippen LogP contribution in [0.3, 0.4) is 0 Å². The highest BCUT2D eigenvalue weighted by Crippen LogP contribution is 2.26. The minimum Gasteiger partial charge on any atom is -0.399 e. The molecular formula is C11H12ClN3O2S. The van der Waals surface area contributed by atoms with Gasteiger partial charge in [0.1, 0.15) is 0 Å². The first-order valence-electron chi connectivity index (χ1n) is 5.15. The van der Waals surface area contributed by atoms with Crippen molar-refractivity contribution in [3.63, 3.8) is 0 Å². The van der Waals surface area contributed by atoms with Crippen LogP contribution in [0.4, 0.5) is 5.69 Å². The molecule has 96 valence electrons. The lowest BCUT2D eigenvalue weighted by atomic mass is 10.3. The number of sulfone groups is 1. The van der Waals surface area contributed by atoms with Crippen LogP contribution in [-0.2, 0) is 22.6 Å². The lowest BCUT2D eigenvalue weighted by Crippen LogP contribution is -2.07. The average Bonchev–Trinajstić information content (AvgIpc) is 2.62. The predicted molar refractivity (Wildman–Crippen MR) is 70.0 cm³/mol. The Balaban J connectivity index is 2.36. The summed E-state index contributed by atoms with van der Waals surface area (Å²) >= 11 is 5.90. The van der Waals surface area contributed by atoms with Crippen LogP contribution in [0.2, 0.25) is 5.02 Å². The number of halogens is 1. The Bertz CT molecular complexity index is 679. The van der Waals surface area contributed by atoms with Gasteiger partial charge in [-0.2, -0.15) is 5.10 Å². The summed E-state index contributed by atoms with van der Waals surface area (Å²) in [6.45, 7) is 0. The van der Waals surface area contributed by atoms with Gasteiger partial charge in [-0.05, 0) is 24.3 Å². The molecule has 0 saturated heterocycles. The number of nitrogens with two attached hydrogens (primary N) is 1. The molecule has 0 saturated carbocycles. The number of benzene rings is 1. The van der Waals surface area contributed by atoms with E-state index in [1.54, 1.807) is 24.0 Å². The summed E-state index contributed by atoms with van der Waals surface area (Å²) in [4.78, 5) is 0.0732. The zero-order valence-corrected chi connectivity index (χ0v) is 11.2. The van der Waals surface area contributed by atoms with E-state index in [0.717, 1.165) is 0 Å². The minimum atomic E-state index is -3.51. The molecule has 0 atom stereocenters. The quantitative estimate of drug-likeness (QED) is 0.870. The SMILES string of the molecule is Cn1ccc(CS(=O)(=O)c2ccc(N)cc2Cl)n1. The van der Waals surface area contributed by atoms with Gasteiger partial charge in [-0.3, -0.25) is 4.68 Å². The van der Waals surface area contributed by atoms with E-state index in [-0.39, 0.29) is 15.7 Å². The van der Waals surface area contributed by atoms with Crippen molar-refractivity contribution < 1.29 is 8.42 Å². The normalized spacial score (nSPS) is 11.7. The van der Waals surface area contributed by atoms with Crippen molar-refractivity contribution in [1.29, 1.82) is 0 Å². The monoisotopic (exact) mass is 285 g/mol. The number of nitrogens with zero attached hydrogens (tertiary/aromatic N) is 2. The number of aromatic nitrogens is 2. The number of anilines is 1. The van der Waals surface area contributed by atoms with Gasteiger partial charge in [-0.25, -0.2) is 8.42 Å². The van der Waals surface area contributed by atoms with Gasteiger partial charge in [0, 0.05) is 18.9 Å². The molecule has 7 heteroatoms. The van der Waals surface area contributed by atoms with Crippen molar-refractivity contribution in [2.75, 3.05) is 5.73 Å². The van der Waals surface area contributed by atoms with E-state index >= 15 is 0 Å². The average molecular weight is 286 g/mol. The molecule has 0 fully saturated rings. The van der Waals surface area contributed by atoms with Crippen LogP contribution in [0.5, 0.6) is 0 Å². The summed E-state index contributed by atoms with van der Waals surface area (Å²) < 4.78 is 25.9. The van der Waals surface area contributed by atoms with E-state index in [0.29, 0.717) is 11.4 Å². The summed E-state index contributed by atoms with van der Waals surface area (Å²) in [7, 11) is -1.78. The number of aryl methyl sites for hydroxylation is 1. The Hall–Kier alpha value is -1.53. The standard InChI is InChI=1S/C11H12ClN3O2S/c1-15-5-4-9(14-15)7-18(16,17)11-3-2-8(13)6-10(11)12/h2-6H,7,13H2,1H3. The topological polar surface area (TPSA) is 78.0 Å². The number of hydrogen-bond donors (Lipinski definition) is 1. The second kappa shape index (κ2) is 4.62. The molecule has 0 amide bonds. The van der Waals surface area contributed by atoms with Gasteiger partial charge in [-0.1, -0.05) is 11.6 Å². The van der Waals surface area contributed by atoms with Crippen LogP contribution >= 0.6 is 11.6 Å². The summed E-state index contributed by atoms with van der Waals surface area (Å²) in [5.74, 6) is -0.183. The zero-order valence-electron chi connectivity index (χ0n) is 9.67. The van der Waals surface area contributed by atoms with Crippen molar-refractivity contribution in [2.24, 2.45) is 7.05 Å². The van der Waals surface area contributed by atoms with E-state index in [1.807, 2.05) is 0 Å². The lowest BCUT2D eigenvalue weighted by molar-refractivity contribution is 0.594. The third-order valence-electron chi connectivity index (χ3n) is 2.40. The fourth-order valence-corrected chi connectivity index (χ4v) is 3.45. The molecule has 0 aliphatic carbocycles. The van der Waals surface area contributed by atoms with Gasteiger partial charge in [-0.15, -0.1) is 0 Å². The maximum absolute atomic E-state index is 12.2. The smallest absolute Gasteiger partial charge is 0.185 e. The molecule has 1 heterocycles. The molecule has 0 aliphatic heterocycles. The first-order chi connectivity index (χ1) is 8.38. The highest BCUT2D eigenvalue weighted by molar-refractivity contribution is 7.90. The highest BCUT2D eigenvalue weighted by atomic mass is 35.5. The molecule has 2 aromatic rings. The van der Waals surface area contributed by atoms with Crippen molar-refractivity contribution in [3.05, 3.63) is 41.2 Å². The maximum atomic E-state index is 12.2. The zero-order chi connectivity index (χ0) is 13.3. The van der Waals surface area contributed by atoms with Gasteiger partial charge in [0.05, 0.1) is 21.4 Å². The van der Waals surface area contributed by atoms with Crippen LogP contribution in [0.15, 0.2) is 35.4 Å². The first-order valence-corrected chi connectivity index (χ1v) is 7.18. The predicted octanol–water partition coefficient (Wildman–Crippen LogP) is 1.63. The van der Waals surface area contributed by atoms with Crippen molar-refractivity contribution in [3.8, 4) is 0 Å². The van der Waals surface area contributed by atoms with Crippen LogP contribution < -0.4 is 5.73 Å². The van der Waals surface area contributed by atoms with Crippen molar-refractivity contribution in [1.82, 2.24) is 9.78 Å². The molecule has 1 aromatic carbocycles. The third kappa shape index (κ3) is 2.65. The number of hydrogen-bond acceptors (Lipinski definition) is 4. The molecule has 2 N–H and O–H groups in total. The second-order valence-corrected chi connectivity index (χ2v) is 6.29. The van der Waals surface area contributed by atoms with E-state index in [9.17, 15) is 8.42 Å². The summed E-state index contributed by atoms with van der Waals surface area (Å²) in [5.41, 5.74) is 6.44. The second-order valence-electron chi connectivity index (χ2n) is 3.93. The van der Waals surface area contributed by atoms with E-state index < -0.39 is 9.84 Å². The molecule has 0 aliphatic rings. The van der Waals surface area contributed by atoms with Crippen LogP contribution in [-0.4, -0.2) is 18.2 Å². The third-order valence-corrected chi connectivity index (χ3v) is 4.52. The Labute approximate surface area is 110 Å². The minimum absolute atomic E-state index is 0.0732. The van der Waals surface area contributed by atoms with Crippen molar-refractivity contribution >= 4 is 27.1 Å². The van der Waals surface area contributed by atoms with Crippen LogP contribution in [0, 0.1) is 0 Å². The highest BCUT2D eigenvalue weighted by Gasteiger charge is 2.20. The fraction of sp³-hybridized carbons (Fsp3) is 0.182. The Morgan fingerprint density at radius 3 is 2.67 bits per heavy atom. The van der Waals surface area contributed by atoms with Gasteiger partial charge >= 0.3 is 0 Å². The van der Waals surface area contributed by atoms with Gasteiger partial charge in [0.2, 0.25) is 0 Å². The van der Waals surface area contributed by atoms with E-state index in [1.165, 1.54) is 18.2 Å². The van der Waals surface area contributed by atoms with Crippen LogP contribution in [0.1, 0.15) is 5.69 Å². The van der Waals surface area contributed by atoms with E-state index in [2.05, 4.69) is 5.10 Å². The summed E-state index contributed by atoms with van der Waals surface area (Å²) in [5, 5.41) is 4.17. The lowest BCUT2D eigenvalue weighted by Gasteiger charge is -2.05. The van der Waals surface area contributed by atoms with Crippen LogP contribution in [0.25, 0.3) is 0 Å². The molecule has 2 rings (SSSR count). The van der Waals surface area contributed by atoms with Gasteiger partial charge < -0.3 is 5.73 Å². The van der Waals surface area contributed by atoms with E-state index in [4.69, 9.17) is 17.3 Å². The molecular weight excluding hydrogens is 274 g/mol. The maximum Gasteiger partial charge on any atom is 0.185 e. The summed E-state index contributed by atoms with van der Waals surface area (Å²) in [6.07, 6.45) is 1.69. The number of rotatable bonds is 3. The largest absolute Gasteiger partial charge is 0.399 e. The molecule has 1 aromatic heterocycles. The fourth-order valence-electron chi connectivity index (χ4n) is 1.58.